The number of phenols is 3. The highest BCUT2D eigenvalue weighted by molar-refractivity contribution is 9.11. The van der Waals surface area contributed by atoms with Gasteiger partial charge in [-0.1, -0.05) is 12.1 Å². The number of hydrogen-bond acceptors (Lipinski definition) is 3. The van der Waals surface area contributed by atoms with Crippen molar-refractivity contribution in [2.24, 2.45) is 0 Å². The predicted octanol–water partition coefficient (Wildman–Crippen LogP) is 8.34. The number of halogens is 2. The molecule has 5 heteroatoms. The lowest BCUT2D eigenvalue weighted by molar-refractivity contribution is 0.469. The van der Waals surface area contributed by atoms with E-state index >= 15 is 0 Å². The Bertz CT molecular complexity index is 1140. The van der Waals surface area contributed by atoms with Crippen LogP contribution in [0.25, 0.3) is 0 Å². The molecule has 0 aromatic heterocycles. The Morgan fingerprint density at radius 2 is 1.00 bits per heavy atom. The van der Waals surface area contributed by atoms with Gasteiger partial charge in [0.2, 0.25) is 0 Å². The lowest BCUT2D eigenvalue weighted by Crippen LogP contribution is -2.02. The van der Waals surface area contributed by atoms with Crippen LogP contribution in [0.5, 0.6) is 17.2 Å². The first kappa shape index (κ1) is 26.1. The third-order valence-electron chi connectivity index (χ3n) is 7.19. The Morgan fingerprint density at radius 3 is 1.69 bits per heavy atom. The number of phenolic OH excluding ortho intramolecular Hbond substituents is 3. The maximum Gasteiger partial charge on any atom is 0.130 e. The summed E-state index contributed by atoms with van der Waals surface area (Å²) < 4.78 is 1.72. The van der Waals surface area contributed by atoms with Crippen LogP contribution in [0.4, 0.5) is 0 Å². The van der Waals surface area contributed by atoms with E-state index in [1.54, 1.807) is 12.1 Å². The highest BCUT2D eigenvalue weighted by atomic mass is 79.9. The van der Waals surface area contributed by atoms with Crippen molar-refractivity contribution < 1.29 is 15.3 Å². The normalized spacial score (nSPS) is 15.8. The monoisotopic (exact) mass is 600 g/mol. The van der Waals surface area contributed by atoms with Crippen LogP contribution in [0.3, 0.4) is 0 Å². The van der Waals surface area contributed by atoms with E-state index in [0.717, 1.165) is 41.0 Å². The number of rotatable bonds is 0. The fraction of sp³-hybridized carbons (Fsp3) is 0.400. The van der Waals surface area contributed by atoms with E-state index in [2.05, 4.69) is 31.9 Å². The summed E-state index contributed by atoms with van der Waals surface area (Å²) in [6.45, 7) is 0. The minimum absolute atomic E-state index is 0.371. The van der Waals surface area contributed by atoms with Crippen molar-refractivity contribution >= 4 is 31.9 Å². The Morgan fingerprint density at radius 1 is 0.486 bits per heavy atom. The molecular formula is C30H34Br2O3. The molecule has 3 nitrogen and oxygen atoms in total. The second kappa shape index (κ2) is 12.3. The Labute approximate surface area is 225 Å². The van der Waals surface area contributed by atoms with Gasteiger partial charge in [-0.3, -0.25) is 0 Å². The first-order chi connectivity index (χ1) is 16.9. The van der Waals surface area contributed by atoms with Crippen LogP contribution in [0.1, 0.15) is 71.9 Å². The lowest BCUT2D eigenvalue weighted by atomic mass is 9.92. The van der Waals surface area contributed by atoms with Gasteiger partial charge in [0.15, 0.2) is 0 Å². The van der Waals surface area contributed by atoms with Crippen LogP contribution >= 0.6 is 31.9 Å². The molecule has 6 rings (SSSR count). The SMILES string of the molecule is Oc1cc2c(cc1Br)CCCC2.Oc1ccc2c(c1)CCCC2.Oc1ccc2c(c1Br)CCCC2. The zero-order chi connectivity index (χ0) is 24.8. The van der Waals surface area contributed by atoms with Gasteiger partial charge in [-0.05, 0) is 173 Å². The topological polar surface area (TPSA) is 60.7 Å². The quantitative estimate of drug-likeness (QED) is 0.243. The van der Waals surface area contributed by atoms with Crippen LogP contribution in [0.15, 0.2) is 51.4 Å². The molecule has 0 unspecified atom stereocenters. The van der Waals surface area contributed by atoms with Gasteiger partial charge >= 0.3 is 0 Å². The van der Waals surface area contributed by atoms with Gasteiger partial charge in [-0.25, -0.2) is 0 Å². The van der Waals surface area contributed by atoms with Crippen molar-refractivity contribution in [1.82, 2.24) is 0 Å². The molecule has 0 amide bonds. The standard InChI is InChI=1S/2C10H11BrO.C10H12O/c11-9-5-7-3-1-2-4-8(7)6-10(9)12;11-10-8-4-2-1-3-7(8)5-6-9(10)12;11-10-6-5-8-3-1-2-4-9(8)7-10/h2*5-6,12H,1-4H2;5-7,11H,1-4H2. The van der Waals surface area contributed by atoms with Crippen LogP contribution in [-0.2, 0) is 38.5 Å². The molecule has 0 saturated carbocycles. The smallest absolute Gasteiger partial charge is 0.130 e. The molecule has 0 saturated heterocycles. The van der Waals surface area contributed by atoms with Crippen molar-refractivity contribution in [3.63, 3.8) is 0 Å². The summed E-state index contributed by atoms with van der Waals surface area (Å²) in [5, 5.41) is 28.0. The van der Waals surface area contributed by atoms with E-state index < -0.39 is 0 Å². The van der Waals surface area contributed by atoms with Crippen molar-refractivity contribution in [1.29, 1.82) is 0 Å². The van der Waals surface area contributed by atoms with Crippen LogP contribution in [-0.4, -0.2) is 15.3 Å². The van der Waals surface area contributed by atoms with Gasteiger partial charge in [0, 0.05) is 0 Å². The molecule has 3 N–H and O–H groups in total. The van der Waals surface area contributed by atoms with Crippen molar-refractivity contribution in [2.75, 3.05) is 0 Å². The molecule has 0 aliphatic heterocycles. The molecule has 186 valence electrons. The van der Waals surface area contributed by atoms with Gasteiger partial charge in [-0.2, -0.15) is 0 Å². The fourth-order valence-electron chi connectivity index (χ4n) is 5.23. The fourth-order valence-corrected chi connectivity index (χ4v) is 6.21. The first-order valence-electron chi connectivity index (χ1n) is 12.7. The number of aryl methyl sites for hydroxylation is 5. The Kier molecular flexibility index (Phi) is 9.18. The van der Waals surface area contributed by atoms with Gasteiger partial charge < -0.3 is 15.3 Å². The molecule has 0 atom stereocenters. The summed E-state index contributed by atoms with van der Waals surface area (Å²) in [6.07, 6.45) is 14.5. The number of benzene rings is 3. The van der Waals surface area contributed by atoms with Crippen LogP contribution < -0.4 is 0 Å². The molecule has 0 bridgehead atoms. The second-order valence-corrected chi connectivity index (χ2v) is 11.3. The zero-order valence-corrected chi connectivity index (χ0v) is 23.3. The summed E-state index contributed by atoms with van der Waals surface area (Å²) in [6, 6.07) is 13.5. The highest BCUT2D eigenvalue weighted by Crippen LogP contribution is 2.34. The molecule has 3 aromatic rings. The van der Waals surface area contributed by atoms with E-state index in [0.29, 0.717) is 17.2 Å². The van der Waals surface area contributed by atoms with Crippen molar-refractivity contribution in [3.05, 3.63) is 84.8 Å². The summed E-state index contributed by atoms with van der Waals surface area (Å²) >= 11 is 6.74. The molecule has 0 heterocycles. The molecule has 3 aromatic carbocycles. The summed E-state index contributed by atoms with van der Waals surface area (Å²) in [5.74, 6) is 1.15. The third-order valence-corrected chi connectivity index (χ3v) is 8.71. The number of fused-ring (bicyclic) bond motifs is 3. The van der Waals surface area contributed by atoms with Crippen molar-refractivity contribution in [3.8, 4) is 17.2 Å². The molecule has 0 radical (unpaired) electrons. The zero-order valence-electron chi connectivity index (χ0n) is 20.1. The largest absolute Gasteiger partial charge is 0.508 e. The third kappa shape index (κ3) is 6.83. The minimum Gasteiger partial charge on any atom is -0.508 e. The highest BCUT2D eigenvalue weighted by Gasteiger charge is 2.14. The van der Waals surface area contributed by atoms with E-state index in [1.165, 1.54) is 78.3 Å². The minimum atomic E-state index is 0.371. The van der Waals surface area contributed by atoms with Gasteiger partial charge in [-0.15, -0.1) is 0 Å². The molecule has 3 aliphatic carbocycles. The molecule has 0 fully saturated rings. The van der Waals surface area contributed by atoms with E-state index in [9.17, 15) is 15.3 Å². The van der Waals surface area contributed by atoms with Crippen LogP contribution in [0.2, 0.25) is 0 Å². The summed E-state index contributed by atoms with van der Waals surface area (Å²) in [7, 11) is 0. The second-order valence-electron chi connectivity index (χ2n) is 9.68. The van der Waals surface area contributed by atoms with Gasteiger partial charge in [0.1, 0.15) is 17.2 Å². The van der Waals surface area contributed by atoms with Gasteiger partial charge in [0.25, 0.3) is 0 Å². The molecule has 3 aliphatic rings. The van der Waals surface area contributed by atoms with E-state index in [1.807, 2.05) is 30.3 Å². The summed E-state index contributed by atoms with van der Waals surface area (Å²) in [4.78, 5) is 0. The van der Waals surface area contributed by atoms with E-state index in [4.69, 9.17) is 0 Å². The summed E-state index contributed by atoms with van der Waals surface area (Å²) in [5.41, 5.74) is 8.19. The Hall–Kier alpha value is -1.98. The van der Waals surface area contributed by atoms with Crippen molar-refractivity contribution in [2.45, 2.75) is 77.0 Å². The first-order valence-corrected chi connectivity index (χ1v) is 14.3. The maximum atomic E-state index is 9.43. The number of hydrogen-bond donors (Lipinski definition) is 3. The molecule has 0 spiro atoms. The van der Waals surface area contributed by atoms with Gasteiger partial charge in [0.05, 0.1) is 8.95 Å². The van der Waals surface area contributed by atoms with E-state index in [-0.39, 0.29) is 0 Å². The molecular weight excluding hydrogens is 568 g/mol. The predicted molar refractivity (Wildman–Crippen MR) is 150 cm³/mol. The average Bonchev–Trinajstić information content (AvgIpc) is 2.88. The van der Waals surface area contributed by atoms with Crippen LogP contribution in [0, 0.1) is 0 Å². The average molecular weight is 602 g/mol. The lowest BCUT2D eigenvalue weighted by Gasteiger charge is -2.17. The molecule has 35 heavy (non-hydrogen) atoms. The number of aromatic hydroxyl groups is 3. The maximum absolute atomic E-state index is 9.43. The Balaban J connectivity index is 0.000000124.